The highest BCUT2D eigenvalue weighted by Crippen LogP contribution is 2.32. The Labute approximate surface area is 200 Å². The van der Waals surface area contributed by atoms with Gasteiger partial charge >= 0.3 is 0 Å². The summed E-state index contributed by atoms with van der Waals surface area (Å²) < 4.78 is 22.1. The van der Waals surface area contributed by atoms with Gasteiger partial charge in [0.2, 0.25) is 11.2 Å². The molecule has 0 saturated carbocycles. The van der Waals surface area contributed by atoms with Crippen molar-refractivity contribution in [2.45, 2.75) is 6.92 Å². The molecule has 0 spiro atoms. The molecule has 1 heterocycles. The first-order valence-electron chi connectivity index (χ1n) is 10.4. The zero-order valence-corrected chi connectivity index (χ0v) is 19.6. The number of fused-ring (bicyclic) bond motifs is 1. The maximum absolute atomic E-state index is 13.3. The molecule has 1 N–H and O–H groups in total. The Hall–Kier alpha value is -3.97. The number of amides is 1. The number of hydrogen-bond donors (Lipinski definition) is 1. The van der Waals surface area contributed by atoms with E-state index >= 15 is 0 Å². The first kappa shape index (κ1) is 23.2. The van der Waals surface area contributed by atoms with Gasteiger partial charge in [0.1, 0.15) is 17.1 Å². The average Bonchev–Trinajstić information content (AvgIpc) is 2.84. The van der Waals surface area contributed by atoms with Gasteiger partial charge in [0.05, 0.1) is 24.6 Å². The molecule has 0 aliphatic heterocycles. The van der Waals surface area contributed by atoms with Crippen molar-refractivity contribution >= 4 is 34.2 Å². The molecule has 0 unspecified atom stereocenters. The van der Waals surface area contributed by atoms with Gasteiger partial charge in [0, 0.05) is 11.3 Å². The lowest BCUT2D eigenvalue weighted by atomic mass is 10.1. The number of methoxy groups -OCH3 is 2. The number of ether oxygens (including phenoxy) is 3. The summed E-state index contributed by atoms with van der Waals surface area (Å²) in [5.74, 6) is 0.854. The smallest absolute Gasteiger partial charge is 0.262 e. The number of aryl methyl sites for hydroxylation is 1. The number of anilines is 1. The van der Waals surface area contributed by atoms with Crippen molar-refractivity contribution in [1.29, 1.82) is 0 Å². The molecule has 3 aromatic carbocycles. The molecule has 4 aromatic rings. The first-order chi connectivity index (χ1) is 16.4. The van der Waals surface area contributed by atoms with Crippen LogP contribution in [0.1, 0.15) is 5.56 Å². The fourth-order valence-corrected chi connectivity index (χ4v) is 3.69. The number of benzene rings is 3. The molecule has 0 saturated heterocycles. The molecular weight excluding hydrogens is 458 g/mol. The fourth-order valence-electron chi connectivity index (χ4n) is 3.43. The normalized spacial score (nSPS) is 10.7. The number of carbonyl (C=O) groups is 1. The first-order valence-corrected chi connectivity index (χ1v) is 10.8. The average molecular weight is 480 g/mol. The fraction of sp³-hybridized carbons (Fsp3) is 0.154. The minimum atomic E-state index is -0.467. The van der Waals surface area contributed by atoms with Crippen LogP contribution in [0.15, 0.2) is 69.9 Å². The molecule has 1 aromatic heterocycles. The lowest BCUT2D eigenvalue weighted by Gasteiger charge is -2.13. The highest BCUT2D eigenvalue weighted by Gasteiger charge is 2.19. The van der Waals surface area contributed by atoms with E-state index in [9.17, 15) is 9.59 Å². The van der Waals surface area contributed by atoms with Crippen molar-refractivity contribution in [1.82, 2.24) is 0 Å². The third-order valence-corrected chi connectivity index (χ3v) is 5.43. The summed E-state index contributed by atoms with van der Waals surface area (Å²) in [6, 6.07) is 17.2. The van der Waals surface area contributed by atoms with E-state index < -0.39 is 12.5 Å². The molecule has 8 heteroatoms. The van der Waals surface area contributed by atoms with Gasteiger partial charge in [-0.25, -0.2) is 0 Å². The molecule has 0 fully saturated rings. The number of halogens is 1. The minimum absolute atomic E-state index is 0.0498. The molecule has 1 amide bonds. The number of rotatable bonds is 7. The van der Waals surface area contributed by atoms with Crippen LogP contribution in [0.5, 0.6) is 17.2 Å². The van der Waals surface area contributed by atoms with Gasteiger partial charge in [-0.3, -0.25) is 9.59 Å². The van der Waals surface area contributed by atoms with Crippen molar-refractivity contribution in [3.8, 4) is 28.6 Å². The van der Waals surface area contributed by atoms with E-state index in [2.05, 4.69) is 5.32 Å². The molecule has 4 rings (SSSR count). The predicted octanol–water partition coefficient (Wildman–Crippen LogP) is 5.46. The Morgan fingerprint density at radius 2 is 1.76 bits per heavy atom. The van der Waals surface area contributed by atoms with Crippen LogP contribution in [0.2, 0.25) is 5.02 Å². The van der Waals surface area contributed by atoms with Gasteiger partial charge in [-0.05, 0) is 61.5 Å². The zero-order chi connectivity index (χ0) is 24.2. The van der Waals surface area contributed by atoms with Crippen LogP contribution >= 0.6 is 11.6 Å². The van der Waals surface area contributed by atoms with Crippen molar-refractivity contribution in [2.75, 3.05) is 26.1 Å². The highest BCUT2D eigenvalue weighted by molar-refractivity contribution is 6.32. The largest absolute Gasteiger partial charge is 0.497 e. The van der Waals surface area contributed by atoms with Gasteiger partial charge in [0.25, 0.3) is 5.91 Å². The van der Waals surface area contributed by atoms with Crippen LogP contribution in [-0.4, -0.2) is 26.7 Å². The number of nitrogens with one attached hydrogen (secondary N) is 1. The second-order valence-electron chi connectivity index (χ2n) is 7.50. The van der Waals surface area contributed by atoms with Crippen molar-refractivity contribution in [3.05, 3.63) is 81.5 Å². The van der Waals surface area contributed by atoms with Gasteiger partial charge in [-0.2, -0.15) is 0 Å². The number of carbonyl (C=O) groups excluding carboxylic acids is 1. The van der Waals surface area contributed by atoms with Gasteiger partial charge in [0.15, 0.2) is 12.4 Å². The van der Waals surface area contributed by atoms with Gasteiger partial charge < -0.3 is 23.9 Å². The molecule has 0 aliphatic rings. The highest BCUT2D eigenvalue weighted by atomic mass is 35.5. The SMILES string of the molecule is COc1ccc(-c2oc3ccc(C)cc3c(=O)c2OCC(=O)Nc2ccc(OC)c(Cl)c2)cc1. The van der Waals surface area contributed by atoms with E-state index in [1.165, 1.54) is 7.11 Å². The lowest BCUT2D eigenvalue weighted by Crippen LogP contribution is -2.22. The summed E-state index contributed by atoms with van der Waals surface area (Å²) in [6.07, 6.45) is 0. The summed E-state index contributed by atoms with van der Waals surface area (Å²) in [7, 11) is 3.07. The van der Waals surface area contributed by atoms with Crippen LogP contribution in [0.3, 0.4) is 0 Å². The maximum atomic E-state index is 13.3. The Kier molecular flexibility index (Phi) is 6.75. The quantitative estimate of drug-likeness (QED) is 0.379. The maximum Gasteiger partial charge on any atom is 0.262 e. The van der Waals surface area contributed by atoms with E-state index in [4.69, 9.17) is 30.2 Å². The van der Waals surface area contributed by atoms with Gasteiger partial charge in [-0.15, -0.1) is 0 Å². The monoisotopic (exact) mass is 479 g/mol. The predicted molar refractivity (Wildman–Crippen MR) is 131 cm³/mol. The summed E-state index contributed by atoms with van der Waals surface area (Å²) in [5, 5.41) is 3.42. The third kappa shape index (κ3) is 4.84. The standard InChI is InChI=1S/C26H22ClNO6/c1-15-4-10-21-19(12-15)24(30)26(25(34-21)16-5-8-18(31-2)9-6-16)33-14-23(29)28-17-7-11-22(32-3)20(27)13-17/h4-13H,14H2,1-3H3,(H,28,29). The summed E-state index contributed by atoms with van der Waals surface area (Å²) in [6.45, 7) is 1.47. The molecule has 0 radical (unpaired) electrons. The van der Waals surface area contributed by atoms with Gasteiger partial charge in [-0.1, -0.05) is 23.2 Å². The zero-order valence-electron chi connectivity index (χ0n) is 18.8. The molecule has 34 heavy (non-hydrogen) atoms. The summed E-state index contributed by atoms with van der Waals surface area (Å²) >= 11 is 6.11. The van der Waals surface area contributed by atoms with Crippen molar-refractivity contribution in [3.63, 3.8) is 0 Å². The van der Waals surface area contributed by atoms with Crippen molar-refractivity contribution in [2.24, 2.45) is 0 Å². The molecule has 0 aliphatic carbocycles. The van der Waals surface area contributed by atoms with Crippen LogP contribution < -0.4 is 25.0 Å². The Bertz CT molecular complexity index is 1410. The molecule has 7 nitrogen and oxygen atoms in total. The lowest BCUT2D eigenvalue weighted by molar-refractivity contribution is -0.118. The van der Waals surface area contributed by atoms with E-state index in [1.807, 2.05) is 13.0 Å². The minimum Gasteiger partial charge on any atom is -0.497 e. The molecule has 0 atom stereocenters. The van der Waals surface area contributed by atoms with Crippen molar-refractivity contribution < 1.29 is 23.4 Å². The van der Waals surface area contributed by atoms with E-state index in [0.717, 1.165) is 5.56 Å². The van der Waals surface area contributed by atoms with E-state index in [0.29, 0.717) is 38.7 Å². The molecular formula is C26H22ClNO6. The van der Waals surface area contributed by atoms with E-state index in [1.54, 1.807) is 61.7 Å². The Morgan fingerprint density at radius 1 is 1.00 bits per heavy atom. The Morgan fingerprint density at radius 3 is 2.44 bits per heavy atom. The Balaban J connectivity index is 1.65. The summed E-state index contributed by atoms with van der Waals surface area (Å²) in [5.41, 5.74) is 2.04. The molecule has 174 valence electrons. The second-order valence-corrected chi connectivity index (χ2v) is 7.91. The van der Waals surface area contributed by atoms with Crippen LogP contribution in [0.25, 0.3) is 22.3 Å². The number of hydrogen-bond acceptors (Lipinski definition) is 6. The van der Waals surface area contributed by atoms with Crippen LogP contribution in [0.4, 0.5) is 5.69 Å². The second kappa shape index (κ2) is 9.89. The van der Waals surface area contributed by atoms with Crippen LogP contribution in [0, 0.1) is 6.92 Å². The van der Waals surface area contributed by atoms with Crippen LogP contribution in [-0.2, 0) is 4.79 Å². The topological polar surface area (TPSA) is 87.0 Å². The third-order valence-electron chi connectivity index (χ3n) is 5.14. The van der Waals surface area contributed by atoms with E-state index in [-0.39, 0.29) is 16.9 Å². The summed E-state index contributed by atoms with van der Waals surface area (Å²) in [4.78, 5) is 25.9. The molecule has 0 bridgehead atoms.